The van der Waals surface area contributed by atoms with Crippen LogP contribution in [0, 0.1) is 0 Å². The van der Waals surface area contributed by atoms with Crippen molar-refractivity contribution in [1.82, 2.24) is 9.88 Å². The lowest BCUT2D eigenvalue weighted by molar-refractivity contribution is 0.101. The van der Waals surface area contributed by atoms with E-state index in [1.54, 1.807) is 0 Å². The third-order valence-electron chi connectivity index (χ3n) is 5.37. The number of halogens is 2. The Morgan fingerprint density at radius 1 is 1.22 bits per heavy atom. The molecule has 7 heteroatoms. The van der Waals surface area contributed by atoms with Gasteiger partial charge < -0.3 is 19.9 Å². The number of aromatic nitrogens is 1. The number of hydrogen-bond donors (Lipinski definition) is 2. The van der Waals surface area contributed by atoms with E-state index < -0.39 is 0 Å². The molecule has 1 aromatic heterocycles. The van der Waals surface area contributed by atoms with Crippen molar-refractivity contribution in [1.29, 1.82) is 0 Å². The van der Waals surface area contributed by atoms with Crippen molar-refractivity contribution in [2.45, 2.75) is 45.1 Å². The van der Waals surface area contributed by atoms with E-state index in [1.165, 1.54) is 13.0 Å². The van der Waals surface area contributed by atoms with Gasteiger partial charge in [0.15, 0.2) is 0 Å². The number of rotatable bonds is 4. The predicted octanol–water partition coefficient (Wildman–Crippen LogP) is 3.98. The van der Waals surface area contributed by atoms with Crippen LogP contribution in [0.4, 0.5) is 5.69 Å². The molecule has 3 heterocycles. The van der Waals surface area contributed by atoms with Crippen molar-refractivity contribution < 1.29 is 4.74 Å². The van der Waals surface area contributed by atoms with Crippen molar-refractivity contribution in [3.05, 3.63) is 34.1 Å². The molecule has 0 atom stereocenters. The first-order valence-corrected chi connectivity index (χ1v) is 9.56. The first-order chi connectivity index (χ1) is 12.2. The minimum Gasteiger partial charge on any atom is -0.490 e. The summed E-state index contributed by atoms with van der Waals surface area (Å²) in [6.45, 7) is 6.59. The Bertz CT molecular complexity index is 817. The number of anilines is 1. The summed E-state index contributed by atoms with van der Waals surface area (Å²) in [5.41, 5.74) is 2.78. The number of ether oxygens (including phenoxy) is 1. The van der Waals surface area contributed by atoms with Crippen LogP contribution in [0.2, 0.25) is 0 Å². The molecule has 5 nitrogen and oxygen atoms in total. The number of pyridine rings is 1. The quantitative estimate of drug-likeness (QED) is 0.795. The van der Waals surface area contributed by atoms with Crippen LogP contribution < -0.4 is 15.6 Å². The maximum absolute atomic E-state index is 12.2. The number of nitrogens with zero attached hydrogens (tertiary/aromatic N) is 1. The molecule has 2 aromatic rings. The maximum atomic E-state index is 12.2. The van der Waals surface area contributed by atoms with Crippen LogP contribution in [0.15, 0.2) is 23.0 Å². The summed E-state index contributed by atoms with van der Waals surface area (Å²) >= 11 is 0. The van der Waals surface area contributed by atoms with Crippen molar-refractivity contribution in [3.63, 3.8) is 0 Å². The van der Waals surface area contributed by atoms with Gasteiger partial charge in [0.25, 0.3) is 5.56 Å². The van der Waals surface area contributed by atoms with Crippen LogP contribution in [0.25, 0.3) is 10.9 Å². The third kappa shape index (κ3) is 4.71. The largest absolute Gasteiger partial charge is 0.490 e. The molecule has 0 unspecified atom stereocenters. The lowest BCUT2D eigenvalue weighted by atomic mass is 10.0. The fraction of sp³-hybridized carbons (Fsp3) is 0.550. The Balaban J connectivity index is 0.00000131. The minimum atomic E-state index is 0. The van der Waals surface area contributed by atoms with Gasteiger partial charge in [-0.05, 0) is 56.8 Å². The lowest BCUT2D eigenvalue weighted by Gasteiger charge is -2.32. The van der Waals surface area contributed by atoms with E-state index in [4.69, 9.17) is 4.74 Å². The molecular formula is C20H29Cl2N3O2. The van der Waals surface area contributed by atoms with Gasteiger partial charge >= 0.3 is 0 Å². The van der Waals surface area contributed by atoms with Crippen LogP contribution in [0.5, 0.6) is 5.75 Å². The molecule has 2 aliphatic rings. The van der Waals surface area contributed by atoms with Crippen LogP contribution in [0.1, 0.15) is 38.2 Å². The number of hydrogen-bond acceptors (Lipinski definition) is 4. The summed E-state index contributed by atoms with van der Waals surface area (Å²) in [5, 5.41) is 4.48. The van der Waals surface area contributed by atoms with Gasteiger partial charge in [-0.25, -0.2) is 0 Å². The van der Waals surface area contributed by atoms with Gasteiger partial charge in [-0.1, -0.05) is 6.92 Å². The van der Waals surface area contributed by atoms with Crippen LogP contribution in [0.3, 0.4) is 0 Å². The number of likely N-dealkylation sites (tertiary alicyclic amines) is 1. The van der Waals surface area contributed by atoms with Gasteiger partial charge in [-0.15, -0.1) is 24.8 Å². The summed E-state index contributed by atoms with van der Waals surface area (Å²) in [6, 6.07) is 6.03. The molecule has 2 aliphatic heterocycles. The highest BCUT2D eigenvalue weighted by atomic mass is 35.5. The average molecular weight is 414 g/mol. The first kappa shape index (κ1) is 21.9. The number of fused-ring (bicyclic) bond motifs is 3. The first-order valence-electron chi connectivity index (χ1n) is 9.56. The third-order valence-corrected chi connectivity index (χ3v) is 5.37. The average Bonchev–Trinajstić information content (AvgIpc) is 2.64. The summed E-state index contributed by atoms with van der Waals surface area (Å²) in [4.78, 5) is 17.8. The zero-order valence-corrected chi connectivity index (χ0v) is 17.4. The molecule has 1 saturated heterocycles. The summed E-state index contributed by atoms with van der Waals surface area (Å²) < 4.78 is 6.26. The van der Waals surface area contributed by atoms with E-state index >= 15 is 0 Å². The van der Waals surface area contributed by atoms with E-state index in [2.05, 4.69) is 28.2 Å². The molecule has 2 N–H and O–H groups in total. The number of nitrogens with one attached hydrogen (secondary N) is 2. The predicted molar refractivity (Wildman–Crippen MR) is 116 cm³/mol. The van der Waals surface area contributed by atoms with Crippen molar-refractivity contribution in [2.24, 2.45) is 0 Å². The number of H-pyrrole nitrogens is 1. The highest BCUT2D eigenvalue weighted by molar-refractivity contribution is 5.94. The number of piperidine rings is 1. The fourth-order valence-electron chi connectivity index (χ4n) is 4.06. The zero-order chi connectivity index (χ0) is 17.2. The van der Waals surface area contributed by atoms with Gasteiger partial charge in [0.05, 0.1) is 11.2 Å². The molecule has 0 spiro atoms. The fourth-order valence-corrected chi connectivity index (χ4v) is 4.06. The summed E-state index contributed by atoms with van der Waals surface area (Å²) in [7, 11) is 0. The number of benzene rings is 1. The molecule has 4 rings (SSSR count). The zero-order valence-electron chi connectivity index (χ0n) is 15.8. The molecule has 0 amide bonds. The second-order valence-electron chi connectivity index (χ2n) is 7.20. The van der Waals surface area contributed by atoms with E-state index in [0.717, 1.165) is 73.2 Å². The molecule has 150 valence electrons. The highest BCUT2D eigenvalue weighted by Gasteiger charge is 2.21. The standard InChI is InChI=1S/C20H27N3O2.2ClH/c1-2-10-23-11-7-14(8-12-23)25-15-5-6-18-17(13-15)19-16(20(24)22-18)4-3-9-21-19;;/h5-6,13-14,21H,2-4,7-12H2,1H3,(H,22,24);2*1H. The SMILES string of the molecule is CCCN1CCC(Oc2ccc3[nH]c(=O)c4c(c3c2)NCCC4)CC1.Cl.Cl. The Morgan fingerprint density at radius 3 is 2.74 bits per heavy atom. The smallest absolute Gasteiger partial charge is 0.253 e. The van der Waals surface area contributed by atoms with Crippen molar-refractivity contribution >= 4 is 41.4 Å². The molecule has 1 fully saturated rings. The number of aromatic amines is 1. The Hall–Kier alpha value is -1.43. The van der Waals surface area contributed by atoms with E-state index in [-0.39, 0.29) is 36.5 Å². The van der Waals surface area contributed by atoms with E-state index in [9.17, 15) is 4.79 Å². The van der Waals surface area contributed by atoms with Crippen molar-refractivity contribution in [3.8, 4) is 5.75 Å². The van der Waals surface area contributed by atoms with Gasteiger partial charge in [-0.2, -0.15) is 0 Å². The lowest BCUT2D eigenvalue weighted by Crippen LogP contribution is -2.38. The second kappa shape index (κ2) is 9.67. The van der Waals surface area contributed by atoms with E-state index in [1.807, 2.05) is 12.1 Å². The molecular weight excluding hydrogens is 385 g/mol. The highest BCUT2D eigenvalue weighted by Crippen LogP contribution is 2.31. The molecule has 0 bridgehead atoms. The second-order valence-corrected chi connectivity index (χ2v) is 7.20. The minimum absolute atomic E-state index is 0. The molecule has 0 radical (unpaired) electrons. The molecule has 27 heavy (non-hydrogen) atoms. The van der Waals surface area contributed by atoms with Gasteiger partial charge in [0, 0.05) is 30.6 Å². The van der Waals surface area contributed by atoms with Gasteiger partial charge in [-0.3, -0.25) is 4.79 Å². The van der Waals surface area contributed by atoms with E-state index in [0.29, 0.717) is 0 Å². The normalized spacial score (nSPS) is 17.4. The van der Waals surface area contributed by atoms with Crippen LogP contribution in [-0.4, -0.2) is 42.2 Å². The Labute approximate surface area is 172 Å². The monoisotopic (exact) mass is 413 g/mol. The molecule has 0 saturated carbocycles. The maximum Gasteiger partial charge on any atom is 0.253 e. The van der Waals surface area contributed by atoms with Crippen LogP contribution >= 0.6 is 24.8 Å². The Morgan fingerprint density at radius 2 is 2.00 bits per heavy atom. The molecule has 0 aliphatic carbocycles. The van der Waals surface area contributed by atoms with Gasteiger partial charge in [0.2, 0.25) is 0 Å². The Kier molecular flexibility index (Phi) is 7.83. The summed E-state index contributed by atoms with van der Waals surface area (Å²) in [5.74, 6) is 0.906. The molecule has 1 aromatic carbocycles. The van der Waals surface area contributed by atoms with Gasteiger partial charge in [0.1, 0.15) is 11.9 Å². The topological polar surface area (TPSA) is 57.4 Å². The van der Waals surface area contributed by atoms with Crippen LogP contribution in [-0.2, 0) is 6.42 Å². The summed E-state index contributed by atoms with van der Waals surface area (Å²) in [6.07, 6.45) is 5.52. The van der Waals surface area contributed by atoms with Crippen molar-refractivity contribution in [2.75, 3.05) is 31.5 Å².